The van der Waals surface area contributed by atoms with E-state index in [0.717, 1.165) is 48.7 Å². The maximum absolute atomic E-state index is 12.3. The number of aromatic amines is 1. The van der Waals surface area contributed by atoms with Gasteiger partial charge in [-0.2, -0.15) is 0 Å². The molecule has 0 aromatic carbocycles. The van der Waals surface area contributed by atoms with Crippen LogP contribution in [0.25, 0.3) is 11.3 Å². The third-order valence-electron chi connectivity index (χ3n) is 4.33. The topological polar surface area (TPSA) is 69.8 Å². The van der Waals surface area contributed by atoms with Crippen LogP contribution in [0.4, 0.5) is 0 Å². The van der Waals surface area contributed by atoms with E-state index in [1.54, 1.807) is 11.3 Å². The zero-order valence-electron chi connectivity index (χ0n) is 13.8. The Morgan fingerprint density at radius 2 is 2.08 bits per heavy atom. The summed E-state index contributed by atoms with van der Waals surface area (Å²) in [5, 5.41) is 9.46. The Kier molecular flexibility index (Phi) is 7.73. The number of aryl methyl sites for hydroxylation is 1. The first-order valence-corrected chi connectivity index (χ1v) is 8.54. The Balaban J connectivity index is 0.00000144. The van der Waals surface area contributed by atoms with Crippen molar-refractivity contribution in [3.05, 3.63) is 28.3 Å². The number of hydrogen-bond acceptors (Lipinski definition) is 4. The second-order valence-electron chi connectivity index (χ2n) is 6.30. The fourth-order valence-electron chi connectivity index (χ4n) is 2.77. The zero-order valence-corrected chi connectivity index (χ0v) is 16.3. The van der Waals surface area contributed by atoms with Gasteiger partial charge in [0.05, 0.1) is 10.7 Å². The van der Waals surface area contributed by atoms with E-state index < -0.39 is 0 Å². The van der Waals surface area contributed by atoms with Gasteiger partial charge in [0, 0.05) is 23.7 Å². The average Bonchev–Trinajstić information content (AvgIpc) is 3.14. The van der Waals surface area contributed by atoms with Gasteiger partial charge in [0.2, 0.25) is 0 Å². The van der Waals surface area contributed by atoms with Crippen molar-refractivity contribution in [3.63, 3.8) is 0 Å². The highest BCUT2D eigenvalue weighted by Crippen LogP contribution is 2.27. The number of halogens is 2. The predicted octanol–water partition coefficient (Wildman–Crippen LogP) is 3.41. The number of aromatic nitrogens is 2. The van der Waals surface area contributed by atoms with Crippen molar-refractivity contribution < 1.29 is 4.79 Å². The quantitative estimate of drug-likeness (QED) is 0.748. The molecular weight excluding hydrogens is 367 g/mol. The molecule has 0 unspecified atom stereocenters. The van der Waals surface area contributed by atoms with Gasteiger partial charge in [-0.3, -0.25) is 4.79 Å². The van der Waals surface area contributed by atoms with Crippen molar-refractivity contribution in [2.45, 2.75) is 26.7 Å². The number of carbonyl (C=O) groups is 1. The molecule has 0 radical (unpaired) electrons. The standard InChI is InChI=1S/C16H22N4OS.2ClH/c1-11-20-14(9-22-11)12-7-13(18-8-12)15(21)19-10-16(2)3-5-17-6-4-16;;/h7-9,17-18H,3-6,10H2,1-2H3,(H,19,21);2*1H. The number of nitrogens with one attached hydrogen (secondary N) is 3. The van der Waals surface area contributed by atoms with Gasteiger partial charge < -0.3 is 15.6 Å². The van der Waals surface area contributed by atoms with Gasteiger partial charge in [-0.1, -0.05) is 6.92 Å². The van der Waals surface area contributed by atoms with E-state index >= 15 is 0 Å². The number of carbonyl (C=O) groups excluding carboxylic acids is 1. The largest absolute Gasteiger partial charge is 0.357 e. The first kappa shape index (κ1) is 21.0. The fraction of sp³-hybridized carbons (Fsp3) is 0.500. The lowest BCUT2D eigenvalue weighted by atomic mass is 9.81. The molecule has 2 aromatic heterocycles. The number of rotatable bonds is 4. The summed E-state index contributed by atoms with van der Waals surface area (Å²) in [4.78, 5) is 19.8. The zero-order chi connectivity index (χ0) is 15.6. The summed E-state index contributed by atoms with van der Waals surface area (Å²) in [5.41, 5.74) is 2.67. The molecule has 3 heterocycles. The highest BCUT2D eigenvalue weighted by atomic mass is 35.5. The average molecular weight is 391 g/mol. The summed E-state index contributed by atoms with van der Waals surface area (Å²) in [6.07, 6.45) is 4.04. The number of amides is 1. The summed E-state index contributed by atoms with van der Waals surface area (Å²) >= 11 is 1.61. The molecule has 0 atom stereocenters. The van der Waals surface area contributed by atoms with Crippen molar-refractivity contribution in [1.82, 2.24) is 20.6 Å². The van der Waals surface area contributed by atoms with E-state index in [2.05, 4.69) is 27.5 Å². The molecule has 1 fully saturated rings. The molecule has 1 aliphatic heterocycles. The van der Waals surface area contributed by atoms with Crippen molar-refractivity contribution in [2.24, 2.45) is 5.41 Å². The molecule has 5 nitrogen and oxygen atoms in total. The molecule has 8 heteroatoms. The molecule has 0 saturated carbocycles. The van der Waals surface area contributed by atoms with Crippen molar-refractivity contribution in [2.75, 3.05) is 19.6 Å². The van der Waals surface area contributed by atoms with Crippen LogP contribution in [-0.2, 0) is 0 Å². The minimum Gasteiger partial charge on any atom is -0.357 e. The number of piperidine rings is 1. The second kappa shape index (κ2) is 8.85. The molecule has 1 amide bonds. The number of H-pyrrole nitrogens is 1. The van der Waals surface area contributed by atoms with Gasteiger partial charge >= 0.3 is 0 Å². The molecule has 0 aliphatic carbocycles. The first-order valence-electron chi connectivity index (χ1n) is 7.66. The molecule has 0 bridgehead atoms. The molecule has 134 valence electrons. The minimum atomic E-state index is -0.0436. The van der Waals surface area contributed by atoms with Gasteiger partial charge in [0.25, 0.3) is 5.91 Å². The highest BCUT2D eigenvalue weighted by Gasteiger charge is 2.27. The van der Waals surface area contributed by atoms with Gasteiger partial charge in [-0.15, -0.1) is 36.2 Å². The van der Waals surface area contributed by atoms with Crippen LogP contribution in [0.15, 0.2) is 17.6 Å². The van der Waals surface area contributed by atoms with Crippen LogP contribution in [-0.4, -0.2) is 35.5 Å². The first-order chi connectivity index (χ1) is 10.6. The Labute approximate surface area is 158 Å². The minimum absolute atomic E-state index is 0. The van der Waals surface area contributed by atoms with Crippen LogP contribution in [0.1, 0.15) is 35.3 Å². The van der Waals surface area contributed by atoms with Crippen LogP contribution < -0.4 is 10.6 Å². The Bertz CT molecular complexity index is 665. The van der Waals surface area contributed by atoms with Gasteiger partial charge in [0.1, 0.15) is 5.69 Å². The van der Waals surface area contributed by atoms with Gasteiger partial charge in [0.15, 0.2) is 0 Å². The van der Waals surface area contributed by atoms with Crippen LogP contribution in [0.2, 0.25) is 0 Å². The lowest BCUT2D eigenvalue weighted by Gasteiger charge is -2.34. The third-order valence-corrected chi connectivity index (χ3v) is 5.10. The van der Waals surface area contributed by atoms with Crippen LogP contribution in [0.5, 0.6) is 0 Å². The van der Waals surface area contributed by atoms with E-state index in [1.165, 1.54) is 0 Å². The Hall–Kier alpha value is -1.08. The summed E-state index contributed by atoms with van der Waals surface area (Å²) in [7, 11) is 0. The van der Waals surface area contributed by atoms with E-state index in [-0.39, 0.29) is 36.1 Å². The second-order valence-corrected chi connectivity index (χ2v) is 7.36. The third kappa shape index (κ3) is 4.96. The molecule has 3 rings (SSSR count). The summed E-state index contributed by atoms with van der Waals surface area (Å²) < 4.78 is 0. The maximum atomic E-state index is 12.3. The molecular formula is C16H24Cl2N4OS. The Morgan fingerprint density at radius 3 is 2.71 bits per heavy atom. The van der Waals surface area contributed by atoms with Crippen molar-refractivity contribution in [3.8, 4) is 11.3 Å². The van der Waals surface area contributed by atoms with Crippen molar-refractivity contribution >= 4 is 42.1 Å². The maximum Gasteiger partial charge on any atom is 0.267 e. The number of thiazole rings is 1. The van der Waals surface area contributed by atoms with Crippen LogP contribution in [0.3, 0.4) is 0 Å². The molecule has 2 aromatic rings. The monoisotopic (exact) mass is 390 g/mol. The van der Waals surface area contributed by atoms with Crippen molar-refractivity contribution in [1.29, 1.82) is 0 Å². The predicted molar refractivity (Wildman–Crippen MR) is 104 cm³/mol. The molecule has 24 heavy (non-hydrogen) atoms. The highest BCUT2D eigenvalue weighted by molar-refractivity contribution is 7.09. The van der Waals surface area contributed by atoms with E-state index in [4.69, 9.17) is 0 Å². The smallest absolute Gasteiger partial charge is 0.267 e. The molecule has 1 aliphatic rings. The van der Waals surface area contributed by atoms with E-state index in [9.17, 15) is 4.79 Å². The molecule has 0 spiro atoms. The van der Waals surface area contributed by atoms with Crippen LogP contribution >= 0.6 is 36.2 Å². The number of nitrogens with zero attached hydrogens (tertiary/aromatic N) is 1. The number of hydrogen-bond donors (Lipinski definition) is 3. The summed E-state index contributed by atoms with van der Waals surface area (Å²) in [5.74, 6) is -0.0436. The fourth-order valence-corrected chi connectivity index (χ4v) is 3.39. The van der Waals surface area contributed by atoms with Gasteiger partial charge in [-0.05, 0) is 44.3 Å². The molecule has 3 N–H and O–H groups in total. The van der Waals surface area contributed by atoms with Gasteiger partial charge in [-0.25, -0.2) is 4.98 Å². The summed E-state index contributed by atoms with van der Waals surface area (Å²) in [6.45, 7) is 7.00. The lowest BCUT2D eigenvalue weighted by molar-refractivity contribution is 0.0918. The molecule has 1 saturated heterocycles. The SMILES string of the molecule is Cc1nc(-c2c[nH]c(C(=O)NCC3(C)CCNCC3)c2)cs1.Cl.Cl. The van der Waals surface area contributed by atoms with Crippen LogP contribution in [0, 0.1) is 12.3 Å². The summed E-state index contributed by atoms with van der Waals surface area (Å²) in [6, 6.07) is 1.87. The lowest BCUT2D eigenvalue weighted by Crippen LogP contribution is -2.42. The van der Waals surface area contributed by atoms with E-state index in [1.807, 2.05) is 24.6 Å². The van der Waals surface area contributed by atoms with E-state index in [0.29, 0.717) is 5.69 Å². The Morgan fingerprint density at radius 1 is 1.38 bits per heavy atom. The normalized spacial score (nSPS) is 15.9.